The van der Waals surface area contributed by atoms with Crippen molar-refractivity contribution in [3.63, 3.8) is 0 Å². The van der Waals surface area contributed by atoms with Crippen LogP contribution >= 0.6 is 0 Å². The molecule has 2 nitrogen and oxygen atoms in total. The highest BCUT2D eigenvalue weighted by atomic mass is 16.2. The second-order valence-electron chi connectivity index (χ2n) is 3.56. The normalized spacial score (nSPS) is 14.2. The molecule has 1 aliphatic heterocycles. The third-order valence-corrected chi connectivity index (χ3v) is 2.63. The molecule has 0 bridgehead atoms. The first kappa shape index (κ1) is 9.79. The molecular formula is C13H13NO. The molecule has 0 aliphatic carbocycles. The first-order valence-corrected chi connectivity index (χ1v) is 5.09. The number of carbonyl (C=O) groups is 1. The van der Waals surface area contributed by atoms with Gasteiger partial charge >= 0.3 is 0 Å². The second kappa shape index (κ2) is 4.18. The maximum atomic E-state index is 12.0. The number of amides is 1. The molecule has 1 heterocycles. The van der Waals surface area contributed by atoms with Crippen LogP contribution in [0.1, 0.15) is 22.8 Å². The number of benzene rings is 1. The molecular weight excluding hydrogens is 186 g/mol. The summed E-state index contributed by atoms with van der Waals surface area (Å²) in [6.45, 7) is 3.12. The van der Waals surface area contributed by atoms with Gasteiger partial charge in [0.05, 0.1) is 6.54 Å². The quantitative estimate of drug-likeness (QED) is 0.630. The van der Waals surface area contributed by atoms with Crippen molar-refractivity contribution in [1.29, 1.82) is 0 Å². The van der Waals surface area contributed by atoms with Gasteiger partial charge in [0.15, 0.2) is 0 Å². The lowest BCUT2D eigenvalue weighted by Crippen LogP contribution is -2.37. The van der Waals surface area contributed by atoms with Crippen LogP contribution in [0.5, 0.6) is 0 Å². The number of hydrogen-bond donors (Lipinski definition) is 0. The van der Waals surface area contributed by atoms with Crippen molar-refractivity contribution in [2.45, 2.75) is 13.3 Å². The van der Waals surface area contributed by atoms with Crippen LogP contribution in [-0.2, 0) is 6.42 Å². The highest BCUT2D eigenvalue weighted by Crippen LogP contribution is 2.17. The maximum absolute atomic E-state index is 12.0. The molecule has 15 heavy (non-hydrogen) atoms. The molecule has 1 aromatic carbocycles. The van der Waals surface area contributed by atoms with Gasteiger partial charge in [-0.25, -0.2) is 0 Å². The summed E-state index contributed by atoms with van der Waals surface area (Å²) in [5.41, 5.74) is 1.99. The summed E-state index contributed by atoms with van der Waals surface area (Å²) in [5.74, 6) is 5.86. The zero-order chi connectivity index (χ0) is 10.7. The lowest BCUT2D eigenvalue weighted by atomic mass is 9.99. The van der Waals surface area contributed by atoms with Crippen LogP contribution in [0.2, 0.25) is 0 Å². The summed E-state index contributed by atoms with van der Waals surface area (Å²) in [6.07, 6.45) is 0.938. The Hall–Kier alpha value is -1.75. The minimum atomic E-state index is 0.111. The summed E-state index contributed by atoms with van der Waals surface area (Å²) in [5, 5.41) is 0. The molecule has 0 N–H and O–H groups in total. The molecule has 0 spiro atoms. The average Bonchev–Trinajstić information content (AvgIpc) is 2.29. The van der Waals surface area contributed by atoms with E-state index in [2.05, 4.69) is 11.8 Å². The molecule has 1 aromatic rings. The van der Waals surface area contributed by atoms with Gasteiger partial charge in [0, 0.05) is 12.1 Å². The van der Waals surface area contributed by atoms with Gasteiger partial charge < -0.3 is 4.90 Å². The van der Waals surface area contributed by atoms with Gasteiger partial charge in [-0.3, -0.25) is 4.79 Å². The standard InChI is InChI=1S/C13H13NO/c1-2-3-9-14-10-8-11-6-4-5-7-12(11)13(14)15/h4-7H,8-10H2,1H3. The molecule has 0 aromatic heterocycles. The third-order valence-electron chi connectivity index (χ3n) is 2.63. The van der Waals surface area contributed by atoms with Gasteiger partial charge in [-0.2, -0.15) is 0 Å². The fourth-order valence-corrected chi connectivity index (χ4v) is 1.80. The van der Waals surface area contributed by atoms with Crippen molar-refractivity contribution in [1.82, 2.24) is 4.90 Å². The molecule has 0 saturated carbocycles. The summed E-state index contributed by atoms with van der Waals surface area (Å²) in [4.78, 5) is 13.8. The van der Waals surface area contributed by atoms with E-state index in [1.54, 1.807) is 11.8 Å². The summed E-state index contributed by atoms with van der Waals surface area (Å²) >= 11 is 0. The summed E-state index contributed by atoms with van der Waals surface area (Å²) in [6, 6.07) is 7.80. The molecule has 0 fully saturated rings. The molecule has 1 amide bonds. The molecule has 0 atom stereocenters. The molecule has 76 valence electrons. The van der Waals surface area contributed by atoms with E-state index in [4.69, 9.17) is 0 Å². The Morgan fingerprint density at radius 3 is 3.00 bits per heavy atom. The monoisotopic (exact) mass is 199 g/mol. The van der Waals surface area contributed by atoms with E-state index >= 15 is 0 Å². The highest BCUT2D eigenvalue weighted by Gasteiger charge is 2.22. The summed E-state index contributed by atoms with van der Waals surface area (Å²) < 4.78 is 0. The third kappa shape index (κ3) is 1.87. The molecule has 0 saturated heterocycles. The predicted molar refractivity (Wildman–Crippen MR) is 59.5 cm³/mol. The van der Waals surface area contributed by atoms with Gasteiger partial charge in [-0.1, -0.05) is 24.1 Å². The first-order chi connectivity index (χ1) is 7.33. The average molecular weight is 199 g/mol. The SMILES string of the molecule is CC#CCN1CCc2ccccc2C1=O. The highest BCUT2D eigenvalue weighted by molar-refractivity contribution is 5.96. The molecule has 0 radical (unpaired) electrons. The van der Waals surface area contributed by atoms with Crippen molar-refractivity contribution in [3.8, 4) is 11.8 Å². The van der Waals surface area contributed by atoms with Crippen LogP contribution in [-0.4, -0.2) is 23.9 Å². The second-order valence-corrected chi connectivity index (χ2v) is 3.56. The fourth-order valence-electron chi connectivity index (χ4n) is 1.80. The lowest BCUT2D eigenvalue weighted by molar-refractivity contribution is 0.0762. The lowest BCUT2D eigenvalue weighted by Gasteiger charge is -2.26. The van der Waals surface area contributed by atoms with E-state index in [0.717, 1.165) is 24.1 Å². The summed E-state index contributed by atoms with van der Waals surface area (Å²) in [7, 11) is 0. The number of nitrogens with zero attached hydrogens (tertiary/aromatic N) is 1. The predicted octanol–water partition coefficient (Wildman–Crippen LogP) is 1.71. The van der Waals surface area contributed by atoms with Crippen molar-refractivity contribution >= 4 is 5.91 Å². The van der Waals surface area contributed by atoms with Crippen molar-refractivity contribution < 1.29 is 4.79 Å². The van der Waals surface area contributed by atoms with E-state index in [-0.39, 0.29) is 5.91 Å². The van der Waals surface area contributed by atoms with E-state index in [1.165, 1.54) is 0 Å². The van der Waals surface area contributed by atoms with E-state index in [1.807, 2.05) is 24.3 Å². The van der Waals surface area contributed by atoms with Gasteiger partial charge in [-0.15, -0.1) is 5.92 Å². The first-order valence-electron chi connectivity index (χ1n) is 5.09. The smallest absolute Gasteiger partial charge is 0.254 e. The van der Waals surface area contributed by atoms with Crippen molar-refractivity contribution in [2.75, 3.05) is 13.1 Å². The van der Waals surface area contributed by atoms with Gasteiger partial charge in [0.25, 0.3) is 5.91 Å². The Balaban J connectivity index is 2.24. The van der Waals surface area contributed by atoms with Crippen LogP contribution in [0.4, 0.5) is 0 Å². The van der Waals surface area contributed by atoms with Crippen LogP contribution in [0.3, 0.4) is 0 Å². The van der Waals surface area contributed by atoms with E-state index in [0.29, 0.717) is 6.54 Å². The Labute approximate surface area is 89.9 Å². The van der Waals surface area contributed by atoms with Gasteiger partial charge in [-0.05, 0) is 25.0 Å². The Kier molecular flexibility index (Phi) is 2.73. The van der Waals surface area contributed by atoms with Crippen molar-refractivity contribution in [3.05, 3.63) is 35.4 Å². The maximum Gasteiger partial charge on any atom is 0.254 e. The Bertz CT molecular complexity index is 439. The zero-order valence-corrected chi connectivity index (χ0v) is 8.79. The largest absolute Gasteiger partial charge is 0.327 e. The van der Waals surface area contributed by atoms with Crippen LogP contribution in [0, 0.1) is 11.8 Å². The fraction of sp³-hybridized carbons (Fsp3) is 0.308. The minimum Gasteiger partial charge on any atom is -0.327 e. The Morgan fingerprint density at radius 2 is 2.20 bits per heavy atom. The number of hydrogen-bond acceptors (Lipinski definition) is 1. The number of carbonyl (C=O) groups excluding carboxylic acids is 1. The van der Waals surface area contributed by atoms with Crippen LogP contribution in [0.15, 0.2) is 24.3 Å². The van der Waals surface area contributed by atoms with Crippen LogP contribution in [0.25, 0.3) is 0 Å². The van der Waals surface area contributed by atoms with Crippen LogP contribution < -0.4 is 0 Å². The molecule has 0 unspecified atom stereocenters. The molecule has 1 aliphatic rings. The topological polar surface area (TPSA) is 20.3 Å². The van der Waals surface area contributed by atoms with Gasteiger partial charge in [0.1, 0.15) is 0 Å². The zero-order valence-electron chi connectivity index (χ0n) is 8.79. The van der Waals surface area contributed by atoms with E-state index < -0.39 is 0 Å². The Morgan fingerprint density at radius 1 is 1.40 bits per heavy atom. The molecule has 2 heteroatoms. The number of fused-ring (bicyclic) bond motifs is 1. The van der Waals surface area contributed by atoms with Crippen molar-refractivity contribution in [2.24, 2.45) is 0 Å². The molecule has 2 rings (SSSR count). The van der Waals surface area contributed by atoms with E-state index in [9.17, 15) is 4.79 Å². The van der Waals surface area contributed by atoms with Gasteiger partial charge in [0.2, 0.25) is 0 Å². The number of rotatable bonds is 1. The minimum absolute atomic E-state index is 0.111.